The molecule has 1 unspecified atom stereocenters. The first-order valence-electron chi connectivity index (χ1n) is 6.90. The van der Waals surface area contributed by atoms with Gasteiger partial charge >= 0.3 is 0 Å². The first-order chi connectivity index (χ1) is 9.76. The van der Waals surface area contributed by atoms with E-state index < -0.39 is 0 Å². The molecule has 3 N–H and O–H groups in total. The molecule has 2 aromatic rings. The number of anilines is 1. The van der Waals surface area contributed by atoms with Crippen LogP contribution in [-0.2, 0) is 4.74 Å². The third-order valence-electron chi connectivity index (χ3n) is 3.68. The molecule has 0 radical (unpaired) electrons. The molecule has 1 fully saturated rings. The van der Waals surface area contributed by atoms with Gasteiger partial charge in [-0.3, -0.25) is 15.0 Å². The van der Waals surface area contributed by atoms with Crippen LogP contribution in [0.2, 0.25) is 0 Å². The molecule has 0 bridgehead atoms. The van der Waals surface area contributed by atoms with Gasteiger partial charge < -0.3 is 10.1 Å². The summed E-state index contributed by atoms with van der Waals surface area (Å²) in [6.45, 7) is 0.734. The Labute approximate surface area is 117 Å². The SMILES string of the molecule is COCC(Nc1ccc(-c2cc(=O)[nH][nH]2)cc1)C1CC1. The fourth-order valence-corrected chi connectivity index (χ4v) is 2.42. The summed E-state index contributed by atoms with van der Waals surface area (Å²) in [7, 11) is 1.74. The summed E-state index contributed by atoms with van der Waals surface area (Å²) in [5.74, 6) is 0.732. The smallest absolute Gasteiger partial charge is 0.264 e. The Bertz CT molecular complexity index is 611. The average molecular weight is 273 g/mol. The van der Waals surface area contributed by atoms with Crippen molar-refractivity contribution in [2.45, 2.75) is 18.9 Å². The molecule has 1 aromatic heterocycles. The van der Waals surface area contributed by atoms with Crippen LogP contribution in [-0.4, -0.2) is 30.0 Å². The predicted octanol–water partition coefficient (Wildman–Crippen LogP) is 2.21. The maximum atomic E-state index is 11.1. The Hall–Kier alpha value is -2.01. The Balaban J connectivity index is 1.70. The van der Waals surface area contributed by atoms with Gasteiger partial charge in [-0.2, -0.15) is 0 Å². The molecule has 1 atom stereocenters. The van der Waals surface area contributed by atoms with Gasteiger partial charge in [-0.15, -0.1) is 0 Å². The highest BCUT2D eigenvalue weighted by atomic mass is 16.5. The second kappa shape index (κ2) is 5.54. The molecule has 0 spiro atoms. The largest absolute Gasteiger partial charge is 0.383 e. The van der Waals surface area contributed by atoms with Crippen LogP contribution >= 0.6 is 0 Å². The van der Waals surface area contributed by atoms with Crippen molar-refractivity contribution in [1.82, 2.24) is 10.2 Å². The van der Waals surface area contributed by atoms with E-state index in [1.807, 2.05) is 24.3 Å². The minimum Gasteiger partial charge on any atom is -0.383 e. The van der Waals surface area contributed by atoms with Crippen molar-refractivity contribution in [3.05, 3.63) is 40.7 Å². The number of H-pyrrole nitrogens is 2. The number of aromatic nitrogens is 2. The molecule has 0 aliphatic heterocycles. The number of benzene rings is 1. The fraction of sp³-hybridized carbons (Fsp3) is 0.400. The lowest BCUT2D eigenvalue weighted by molar-refractivity contribution is 0.179. The van der Waals surface area contributed by atoms with Crippen molar-refractivity contribution < 1.29 is 4.74 Å². The van der Waals surface area contributed by atoms with Gasteiger partial charge in [0, 0.05) is 18.9 Å². The lowest BCUT2D eigenvalue weighted by Gasteiger charge is -2.18. The quantitative estimate of drug-likeness (QED) is 0.755. The first kappa shape index (κ1) is 13.0. The van der Waals surface area contributed by atoms with Crippen molar-refractivity contribution in [1.29, 1.82) is 0 Å². The molecule has 1 aromatic carbocycles. The zero-order chi connectivity index (χ0) is 13.9. The number of ether oxygens (including phenoxy) is 1. The van der Waals surface area contributed by atoms with Crippen molar-refractivity contribution >= 4 is 5.69 Å². The van der Waals surface area contributed by atoms with E-state index in [4.69, 9.17) is 4.74 Å². The minimum atomic E-state index is -0.115. The van der Waals surface area contributed by atoms with Crippen molar-refractivity contribution in [2.24, 2.45) is 5.92 Å². The number of nitrogens with one attached hydrogen (secondary N) is 3. The Morgan fingerprint density at radius 2 is 2.05 bits per heavy atom. The molecular weight excluding hydrogens is 254 g/mol. The van der Waals surface area contributed by atoms with Gasteiger partial charge in [0.25, 0.3) is 5.56 Å². The van der Waals surface area contributed by atoms with E-state index in [1.54, 1.807) is 13.2 Å². The summed E-state index contributed by atoms with van der Waals surface area (Å²) in [5, 5.41) is 8.91. The van der Waals surface area contributed by atoms with Gasteiger partial charge in [-0.25, -0.2) is 0 Å². The second-order valence-corrected chi connectivity index (χ2v) is 5.29. The third kappa shape index (κ3) is 2.93. The topological polar surface area (TPSA) is 69.9 Å². The molecule has 0 saturated heterocycles. The van der Waals surface area contributed by atoms with Crippen LogP contribution in [0.5, 0.6) is 0 Å². The summed E-state index contributed by atoms with van der Waals surface area (Å²) >= 11 is 0. The average Bonchev–Trinajstić information content (AvgIpc) is 3.21. The Morgan fingerprint density at radius 1 is 1.30 bits per heavy atom. The third-order valence-corrected chi connectivity index (χ3v) is 3.68. The highest BCUT2D eigenvalue weighted by Crippen LogP contribution is 2.34. The Kier molecular flexibility index (Phi) is 3.60. The molecule has 20 heavy (non-hydrogen) atoms. The molecule has 1 heterocycles. The standard InChI is InChI=1S/C15H19N3O2/c1-20-9-14(11-2-3-11)16-12-6-4-10(5-7-12)13-8-15(19)18-17-13/h4-8,11,14,16H,2-3,9H2,1H3,(H2,17,18,19). The lowest BCUT2D eigenvalue weighted by atomic mass is 10.1. The predicted molar refractivity (Wildman–Crippen MR) is 78.9 cm³/mol. The van der Waals surface area contributed by atoms with Crippen molar-refractivity contribution in [3.8, 4) is 11.3 Å². The zero-order valence-electron chi connectivity index (χ0n) is 11.5. The number of methoxy groups -OCH3 is 1. The normalized spacial score (nSPS) is 16.1. The maximum Gasteiger partial charge on any atom is 0.264 e. The van der Waals surface area contributed by atoms with E-state index >= 15 is 0 Å². The molecular formula is C15H19N3O2. The molecule has 1 aliphatic rings. The van der Waals surface area contributed by atoms with Crippen LogP contribution in [0.1, 0.15) is 12.8 Å². The summed E-state index contributed by atoms with van der Waals surface area (Å²) in [6, 6.07) is 10.0. The van der Waals surface area contributed by atoms with Crippen molar-refractivity contribution in [2.75, 3.05) is 19.0 Å². The van der Waals surface area contributed by atoms with E-state index in [2.05, 4.69) is 15.5 Å². The van der Waals surface area contributed by atoms with Crippen LogP contribution in [0.15, 0.2) is 35.1 Å². The van der Waals surface area contributed by atoms with Gasteiger partial charge in [0.1, 0.15) is 0 Å². The van der Waals surface area contributed by atoms with Gasteiger partial charge in [0.15, 0.2) is 0 Å². The van der Waals surface area contributed by atoms with Gasteiger partial charge in [-0.1, -0.05) is 12.1 Å². The minimum absolute atomic E-state index is 0.115. The summed E-state index contributed by atoms with van der Waals surface area (Å²) in [6.07, 6.45) is 2.56. The molecule has 1 saturated carbocycles. The van der Waals surface area contributed by atoms with Gasteiger partial charge in [-0.05, 0) is 36.5 Å². The van der Waals surface area contributed by atoms with Gasteiger partial charge in [0.05, 0.1) is 18.3 Å². The summed E-state index contributed by atoms with van der Waals surface area (Å²) in [5.41, 5.74) is 2.76. The van der Waals surface area contributed by atoms with E-state index in [0.717, 1.165) is 29.5 Å². The molecule has 106 valence electrons. The van der Waals surface area contributed by atoms with Crippen LogP contribution in [0.3, 0.4) is 0 Å². The molecule has 5 heteroatoms. The van der Waals surface area contributed by atoms with E-state index in [9.17, 15) is 4.79 Å². The summed E-state index contributed by atoms with van der Waals surface area (Å²) < 4.78 is 5.27. The van der Waals surface area contributed by atoms with Crippen molar-refractivity contribution in [3.63, 3.8) is 0 Å². The lowest BCUT2D eigenvalue weighted by Crippen LogP contribution is -2.27. The van der Waals surface area contributed by atoms with E-state index in [0.29, 0.717) is 6.04 Å². The number of hydrogen-bond donors (Lipinski definition) is 3. The van der Waals surface area contributed by atoms with Crippen LogP contribution in [0.4, 0.5) is 5.69 Å². The Morgan fingerprint density at radius 3 is 2.60 bits per heavy atom. The molecule has 3 rings (SSSR count). The number of rotatable bonds is 6. The zero-order valence-corrected chi connectivity index (χ0v) is 11.5. The van der Waals surface area contributed by atoms with E-state index in [-0.39, 0.29) is 5.56 Å². The monoisotopic (exact) mass is 273 g/mol. The van der Waals surface area contributed by atoms with Crippen LogP contribution in [0.25, 0.3) is 11.3 Å². The van der Waals surface area contributed by atoms with Gasteiger partial charge in [0.2, 0.25) is 0 Å². The van der Waals surface area contributed by atoms with Crippen LogP contribution < -0.4 is 10.9 Å². The maximum absolute atomic E-state index is 11.1. The van der Waals surface area contributed by atoms with E-state index in [1.165, 1.54) is 12.8 Å². The molecule has 0 amide bonds. The number of hydrogen-bond acceptors (Lipinski definition) is 3. The fourth-order valence-electron chi connectivity index (χ4n) is 2.42. The second-order valence-electron chi connectivity index (χ2n) is 5.29. The molecule has 1 aliphatic carbocycles. The molecule has 5 nitrogen and oxygen atoms in total. The first-order valence-corrected chi connectivity index (χ1v) is 6.90. The number of aromatic amines is 2. The highest BCUT2D eigenvalue weighted by Gasteiger charge is 2.30. The summed E-state index contributed by atoms with van der Waals surface area (Å²) in [4.78, 5) is 11.1. The van der Waals surface area contributed by atoms with Crippen LogP contribution in [0, 0.1) is 5.92 Å². The highest BCUT2D eigenvalue weighted by molar-refractivity contribution is 5.62.